The van der Waals surface area contributed by atoms with Gasteiger partial charge in [-0.2, -0.15) is 11.8 Å². The summed E-state index contributed by atoms with van der Waals surface area (Å²) in [6, 6.07) is 14.7. The third-order valence-corrected chi connectivity index (χ3v) is 4.40. The first-order valence-corrected chi connectivity index (χ1v) is 8.22. The molecule has 2 nitrogen and oxygen atoms in total. The first-order valence-electron chi connectivity index (χ1n) is 7.06. The molecule has 2 aromatic rings. The lowest BCUT2D eigenvalue weighted by Crippen LogP contribution is -2.28. The second-order valence-electron chi connectivity index (χ2n) is 4.95. The van der Waals surface area contributed by atoms with Crippen molar-refractivity contribution in [2.45, 2.75) is 26.3 Å². The Kier molecular flexibility index (Phi) is 5.48. The zero-order valence-electron chi connectivity index (χ0n) is 12.1. The van der Waals surface area contributed by atoms with Gasteiger partial charge < -0.3 is 5.32 Å². The van der Waals surface area contributed by atoms with Crippen LogP contribution in [0.15, 0.2) is 42.5 Å². The molecule has 0 aromatic heterocycles. The molecule has 2 aromatic carbocycles. The summed E-state index contributed by atoms with van der Waals surface area (Å²) >= 11 is 1.69. The SMILES string of the molecule is CCCSCC(=O)NC(C)c1ccc2ccccc2c1. The van der Waals surface area contributed by atoms with Crippen molar-refractivity contribution >= 4 is 28.4 Å². The highest BCUT2D eigenvalue weighted by Gasteiger charge is 2.09. The lowest BCUT2D eigenvalue weighted by molar-refractivity contribution is -0.119. The fourth-order valence-corrected chi connectivity index (χ4v) is 2.85. The lowest BCUT2D eigenvalue weighted by Gasteiger charge is -2.15. The maximum atomic E-state index is 11.8. The lowest BCUT2D eigenvalue weighted by atomic mass is 10.0. The number of carbonyl (C=O) groups is 1. The quantitative estimate of drug-likeness (QED) is 0.808. The molecule has 20 heavy (non-hydrogen) atoms. The number of hydrogen-bond donors (Lipinski definition) is 1. The van der Waals surface area contributed by atoms with Crippen LogP contribution >= 0.6 is 11.8 Å². The summed E-state index contributed by atoms with van der Waals surface area (Å²) in [5.41, 5.74) is 1.15. The van der Waals surface area contributed by atoms with E-state index in [-0.39, 0.29) is 11.9 Å². The zero-order chi connectivity index (χ0) is 14.4. The van der Waals surface area contributed by atoms with Crippen LogP contribution in [-0.4, -0.2) is 17.4 Å². The summed E-state index contributed by atoms with van der Waals surface area (Å²) in [6.45, 7) is 4.16. The highest BCUT2D eigenvalue weighted by Crippen LogP contribution is 2.20. The number of hydrogen-bond acceptors (Lipinski definition) is 2. The van der Waals surface area contributed by atoms with E-state index < -0.39 is 0 Å². The normalized spacial score (nSPS) is 12.3. The molecule has 0 aliphatic rings. The minimum Gasteiger partial charge on any atom is -0.349 e. The predicted octanol–water partition coefficient (Wildman–Crippen LogP) is 4.16. The van der Waals surface area contributed by atoms with Crippen molar-refractivity contribution < 1.29 is 4.79 Å². The van der Waals surface area contributed by atoms with Gasteiger partial charge in [0, 0.05) is 0 Å². The molecule has 1 N–H and O–H groups in total. The maximum absolute atomic E-state index is 11.8. The van der Waals surface area contributed by atoms with E-state index in [9.17, 15) is 4.79 Å². The molecule has 0 saturated carbocycles. The molecular formula is C17H21NOS. The van der Waals surface area contributed by atoms with Crippen LogP contribution < -0.4 is 5.32 Å². The third-order valence-electron chi connectivity index (χ3n) is 3.23. The summed E-state index contributed by atoms with van der Waals surface area (Å²) in [4.78, 5) is 11.8. The van der Waals surface area contributed by atoms with Gasteiger partial charge >= 0.3 is 0 Å². The molecule has 0 radical (unpaired) electrons. The summed E-state index contributed by atoms with van der Waals surface area (Å²) in [6.07, 6.45) is 1.11. The minimum absolute atomic E-state index is 0.0503. The number of nitrogens with one attached hydrogen (secondary N) is 1. The van der Waals surface area contributed by atoms with Gasteiger partial charge in [0.1, 0.15) is 0 Å². The number of rotatable bonds is 6. The largest absolute Gasteiger partial charge is 0.349 e. The fourth-order valence-electron chi connectivity index (χ4n) is 2.15. The smallest absolute Gasteiger partial charge is 0.230 e. The van der Waals surface area contributed by atoms with Crippen LogP contribution in [-0.2, 0) is 4.79 Å². The van der Waals surface area contributed by atoms with E-state index >= 15 is 0 Å². The second-order valence-corrected chi connectivity index (χ2v) is 6.05. The van der Waals surface area contributed by atoms with Crippen LogP contribution in [0.1, 0.15) is 31.9 Å². The molecule has 0 aliphatic heterocycles. The average Bonchev–Trinajstić information content (AvgIpc) is 2.47. The zero-order valence-corrected chi connectivity index (χ0v) is 12.9. The summed E-state index contributed by atoms with van der Waals surface area (Å²) in [7, 11) is 0. The minimum atomic E-state index is 0.0503. The Balaban J connectivity index is 2.00. The van der Waals surface area contributed by atoms with Crippen molar-refractivity contribution in [1.29, 1.82) is 0 Å². The molecule has 0 saturated heterocycles. The Hall–Kier alpha value is -1.48. The Morgan fingerprint density at radius 3 is 2.70 bits per heavy atom. The van der Waals surface area contributed by atoms with Crippen LogP contribution in [0.5, 0.6) is 0 Å². The third kappa shape index (κ3) is 4.01. The number of carbonyl (C=O) groups excluding carboxylic acids is 1. The van der Waals surface area contributed by atoms with Gasteiger partial charge in [0.25, 0.3) is 0 Å². The highest BCUT2D eigenvalue weighted by atomic mass is 32.2. The predicted molar refractivity (Wildman–Crippen MR) is 88.1 cm³/mol. The Morgan fingerprint density at radius 1 is 1.20 bits per heavy atom. The van der Waals surface area contributed by atoms with Crippen molar-refractivity contribution in [2.24, 2.45) is 0 Å². The monoisotopic (exact) mass is 287 g/mol. The van der Waals surface area contributed by atoms with Gasteiger partial charge in [0.15, 0.2) is 0 Å². The van der Waals surface area contributed by atoms with Crippen molar-refractivity contribution in [3.63, 3.8) is 0 Å². The molecule has 0 fully saturated rings. The molecule has 3 heteroatoms. The fraction of sp³-hybridized carbons (Fsp3) is 0.353. The maximum Gasteiger partial charge on any atom is 0.230 e. The molecule has 106 valence electrons. The van der Waals surface area contributed by atoms with Crippen molar-refractivity contribution in [1.82, 2.24) is 5.32 Å². The van der Waals surface area contributed by atoms with Crippen molar-refractivity contribution in [2.75, 3.05) is 11.5 Å². The standard InChI is InChI=1S/C17H21NOS/c1-3-10-20-12-17(19)18-13(2)15-9-8-14-6-4-5-7-16(14)11-15/h4-9,11,13H,3,10,12H2,1-2H3,(H,18,19). The van der Waals surface area contributed by atoms with Crippen molar-refractivity contribution in [3.8, 4) is 0 Å². The number of thioether (sulfide) groups is 1. The number of benzene rings is 2. The van der Waals surface area contributed by atoms with Gasteiger partial charge in [-0.05, 0) is 41.5 Å². The van der Waals surface area contributed by atoms with Crippen LogP contribution in [0, 0.1) is 0 Å². The van der Waals surface area contributed by atoms with E-state index in [0.29, 0.717) is 5.75 Å². The summed E-state index contributed by atoms with van der Waals surface area (Å²) < 4.78 is 0. The Labute approximate surface area is 125 Å². The summed E-state index contributed by atoms with van der Waals surface area (Å²) in [5, 5.41) is 5.50. The van der Waals surface area contributed by atoms with Crippen LogP contribution in [0.4, 0.5) is 0 Å². The van der Waals surface area contributed by atoms with Crippen LogP contribution in [0.3, 0.4) is 0 Å². The molecule has 1 atom stereocenters. The molecule has 1 amide bonds. The van der Waals surface area contributed by atoms with E-state index in [2.05, 4.69) is 42.6 Å². The van der Waals surface area contributed by atoms with E-state index in [1.807, 2.05) is 19.1 Å². The first-order chi connectivity index (χ1) is 9.70. The van der Waals surface area contributed by atoms with Gasteiger partial charge in [-0.3, -0.25) is 4.79 Å². The van der Waals surface area contributed by atoms with E-state index in [0.717, 1.165) is 17.7 Å². The average molecular weight is 287 g/mol. The van der Waals surface area contributed by atoms with Gasteiger partial charge in [0.2, 0.25) is 5.91 Å². The van der Waals surface area contributed by atoms with Gasteiger partial charge in [-0.25, -0.2) is 0 Å². The highest BCUT2D eigenvalue weighted by molar-refractivity contribution is 7.99. The van der Waals surface area contributed by atoms with Crippen molar-refractivity contribution in [3.05, 3.63) is 48.0 Å². The molecular weight excluding hydrogens is 266 g/mol. The van der Waals surface area contributed by atoms with E-state index in [4.69, 9.17) is 0 Å². The number of amides is 1. The molecule has 1 unspecified atom stereocenters. The Bertz CT molecular complexity index is 582. The van der Waals surface area contributed by atoms with Crippen LogP contribution in [0.2, 0.25) is 0 Å². The molecule has 0 spiro atoms. The van der Waals surface area contributed by atoms with E-state index in [1.54, 1.807) is 11.8 Å². The van der Waals surface area contributed by atoms with Crippen LogP contribution in [0.25, 0.3) is 10.8 Å². The van der Waals surface area contributed by atoms with Gasteiger partial charge in [0.05, 0.1) is 11.8 Å². The molecule has 2 rings (SSSR count). The molecule has 0 bridgehead atoms. The van der Waals surface area contributed by atoms with Gasteiger partial charge in [-0.15, -0.1) is 0 Å². The Morgan fingerprint density at radius 2 is 1.95 bits per heavy atom. The number of fused-ring (bicyclic) bond motifs is 1. The second kappa shape index (κ2) is 7.34. The van der Waals surface area contributed by atoms with Gasteiger partial charge in [-0.1, -0.05) is 43.3 Å². The van der Waals surface area contributed by atoms with E-state index in [1.165, 1.54) is 10.8 Å². The molecule has 0 heterocycles. The topological polar surface area (TPSA) is 29.1 Å². The summed E-state index contributed by atoms with van der Waals surface area (Å²) in [5.74, 6) is 1.70. The first kappa shape index (κ1) is 14.9. The molecule has 0 aliphatic carbocycles.